The second kappa shape index (κ2) is 3.99. The van der Waals surface area contributed by atoms with E-state index in [0.29, 0.717) is 12.5 Å². The van der Waals surface area contributed by atoms with Gasteiger partial charge in [-0.1, -0.05) is 0 Å². The Bertz CT molecular complexity index is 501. The smallest absolute Gasteiger partial charge is 0.234 e. The molecular weight excluding hydrogens is 222 g/mol. The first kappa shape index (κ1) is 11.3. The third-order valence-electron chi connectivity index (χ3n) is 2.08. The van der Waals surface area contributed by atoms with E-state index in [-0.39, 0.29) is 5.54 Å². The Hall–Kier alpha value is -1.20. The van der Waals surface area contributed by atoms with Crippen LogP contribution in [0.3, 0.4) is 0 Å². The van der Waals surface area contributed by atoms with Gasteiger partial charge in [-0.2, -0.15) is 0 Å². The van der Waals surface area contributed by atoms with Crippen molar-refractivity contribution in [2.24, 2.45) is 5.73 Å². The molecule has 0 spiro atoms. The number of fused-ring (bicyclic) bond motifs is 1. The van der Waals surface area contributed by atoms with Gasteiger partial charge in [-0.3, -0.25) is 0 Å². The number of nitrogens with zero attached hydrogens (tertiary/aromatic N) is 2. The van der Waals surface area contributed by atoms with Gasteiger partial charge in [0.05, 0.1) is 5.52 Å². The molecule has 2 N–H and O–H groups in total. The van der Waals surface area contributed by atoms with Gasteiger partial charge in [-0.05, 0) is 31.7 Å². The van der Waals surface area contributed by atoms with Crippen LogP contribution < -0.4 is 10.5 Å². The van der Waals surface area contributed by atoms with E-state index in [1.807, 2.05) is 20.8 Å². The van der Waals surface area contributed by atoms with Crippen LogP contribution in [0.25, 0.3) is 10.2 Å². The molecule has 2 rings (SSSR count). The first-order valence-corrected chi connectivity index (χ1v) is 5.96. The van der Waals surface area contributed by atoms with Gasteiger partial charge in [0.25, 0.3) is 0 Å². The molecule has 86 valence electrons. The van der Waals surface area contributed by atoms with Crippen molar-refractivity contribution >= 4 is 21.6 Å². The number of hydrogen-bond donors (Lipinski definition) is 1. The van der Waals surface area contributed by atoms with E-state index in [4.69, 9.17) is 10.5 Å². The number of aryl methyl sites for hydroxylation is 1. The Labute approximate surface area is 98.5 Å². The minimum Gasteiger partial charge on any atom is -0.475 e. The van der Waals surface area contributed by atoms with Gasteiger partial charge in [0.2, 0.25) is 5.88 Å². The molecule has 0 radical (unpaired) electrons. The number of ether oxygens (including phenoxy) is 1. The second-order valence-electron chi connectivity index (χ2n) is 4.55. The lowest BCUT2D eigenvalue weighted by Crippen LogP contribution is -2.38. The molecule has 2 aromatic rings. The van der Waals surface area contributed by atoms with Crippen molar-refractivity contribution in [3.8, 4) is 5.88 Å². The van der Waals surface area contributed by atoms with E-state index in [2.05, 4.69) is 15.3 Å². The third kappa shape index (κ3) is 2.31. The highest BCUT2D eigenvalue weighted by Gasteiger charge is 2.14. The summed E-state index contributed by atoms with van der Waals surface area (Å²) in [6.45, 7) is 6.31. The van der Waals surface area contributed by atoms with E-state index in [1.165, 1.54) is 6.33 Å². The van der Waals surface area contributed by atoms with Gasteiger partial charge >= 0.3 is 0 Å². The van der Waals surface area contributed by atoms with Crippen LogP contribution in [-0.2, 0) is 0 Å². The fourth-order valence-corrected chi connectivity index (χ4v) is 2.25. The normalized spacial score (nSPS) is 12.0. The van der Waals surface area contributed by atoms with Crippen LogP contribution in [0.5, 0.6) is 5.88 Å². The highest BCUT2D eigenvalue weighted by molar-refractivity contribution is 7.17. The lowest BCUT2D eigenvalue weighted by Gasteiger charge is -2.18. The molecule has 0 atom stereocenters. The van der Waals surface area contributed by atoms with Gasteiger partial charge in [0, 0.05) is 5.54 Å². The molecule has 0 fully saturated rings. The summed E-state index contributed by atoms with van der Waals surface area (Å²) in [6.07, 6.45) is 1.53. The molecule has 0 unspecified atom stereocenters. The number of nitrogens with two attached hydrogens (primary N) is 1. The number of aromatic nitrogens is 2. The van der Waals surface area contributed by atoms with Crippen LogP contribution in [-0.4, -0.2) is 22.1 Å². The zero-order chi connectivity index (χ0) is 11.8. The van der Waals surface area contributed by atoms with Crippen molar-refractivity contribution in [3.05, 3.63) is 17.3 Å². The average molecular weight is 237 g/mol. The van der Waals surface area contributed by atoms with Gasteiger partial charge in [0.1, 0.15) is 17.6 Å². The standard InChI is InChI=1S/C11H15N3OS/c1-7-4-16-9-8(7)13-6-14-10(9)15-5-11(2,3)12/h4,6H,5,12H2,1-3H3. The van der Waals surface area contributed by atoms with E-state index in [9.17, 15) is 0 Å². The Kier molecular flexibility index (Phi) is 2.82. The van der Waals surface area contributed by atoms with Crippen molar-refractivity contribution in [1.29, 1.82) is 0 Å². The molecule has 0 aliphatic heterocycles. The summed E-state index contributed by atoms with van der Waals surface area (Å²) in [4.78, 5) is 8.38. The molecule has 0 aliphatic rings. The van der Waals surface area contributed by atoms with Crippen LogP contribution >= 0.6 is 11.3 Å². The maximum Gasteiger partial charge on any atom is 0.234 e. The maximum atomic E-state index is 5.87. The minimum absolute atomic E-state index is 0.358. The van der Waals surface area contributed by atoms with Crippen LogP contribution in [0.15, 0.2) is 11.7 Å². The predicted octanol–water partition coefficient (Wildman–Crippen LogP) is 2.12. The predicted molar refractivity (Wildman–Crippen MR) is 65.9 cm³/mol. The summed E-state index contributed by atoms with van der Waals surface area (Å²) in [7, 11) is 0. The van der Waals surface area contributed by atoms with Crippen molar-refractivity contribution < 1.29 is 4.74 Å². The molecule has 0 saturated heterocycles. The van der Waals surface area contributed by atoms with Crippen LogP contribution in [0.1, 0.15) is 19.4 Å². The molecule has 2 aromatic heterocycles. The third-order valence-corrected chi connectivity index (χ3v) is 3.15. The molecule has 0 amide bonds. The van der Waals surface area contributed by atoms with E-state index < -0.39 is 0 Å². The molecule has 0 saturated carbocycles. The molecule has 0 aliphatic carbocycles. The van der Waals surface area contributed by atoms with Crippen molar-refractivity contribution in [1.82, 2.24) is 9.97 Å². The number of rotatable bonds is 3. The highest BCUT2D eigenvalue weighted by atomic mass is 32.1. The fraction of sp³-hybridized carbons (Fsp3) is 0.455. The molecule has 5 heteroatoms. The number of hydrogen-bond acceptors (Lipinski definition) is 5. The first-order chi connectivity index (χ1) is 7.47. The molecule has 16 heavy (non-hydrogen) atoms. The SMILES string of the molecule is Cc1csc2c(OCC(C)(C)N)ncnc12. The summed E-state index contributed by atoms with van der Waals surface area (Å²) in [5.41, 5.74) is 7.62. The van der Waals surface area contributed by atoms with Gasteiger partial charge in [0.15, 0.2) is 0 Å². The minimum atomic E-state index is -0.358. The topological polar surface area (TPSA) is 61.0 Å². The van der Waals surface area contributed by atoms with Crippen LogP contribution in [0.2, 0.25) is 0 Å². The van der Waals surface area contributed by atoms with Crippen molar-refractivity contribution in [2.45, 2.75) is 26.3 Å². The largest absolute Gasteiger partial charge is 0.475 e. The molecule has 4 nitrogen and oxygen atoms in total. The monoisotopic (exact) mass is 237 g/mol. The molecule has 2 heterocycles. The lowest BCUT2D eigenvalue weighted by atomic mass is 10.1. The summed E-state index contributed by atoms with van der Waals surface area (Å²) < 4.78 is 6.62. The Morgan fingerprint density at radius 3 is 2.88 bits per heavy atom. The zero-order valence-electron chi connectivity index (χ0n) is 9.65. The van der Waals surface area contributed by atoms with Crippen LogP contribution in [0.4, 0.5) is 0 Å². The van der Waals surface area contributed by atoms with Gasteiger partial charge in [-0.25, -0.2) is 9.97 Å². The van der Waals surface area contributed by atoms with E-state index in [0.717, 1.165) is 15.8 Å². The Balaban J connectivity index is 2.31. The fourth-order valence-electron chi connectivity index (χ4n) is 1.31. The van der Waals surface area contributed by atoms with Crippen molar-refractivity contribution in [3.63, 3.8) is 0 Å². The van der Waals surface area contributed by atoms with Crippen molar-refractivity contribution in [2.75, 3.05) is 6.61 Å². The average Bonchev–Trinajstić information content (AvgIpc) is 2.57. The first-order valence-electron chi connectivity index (χ1n) is 5.08. The lowest BCUT2D eigenvalue weighted by molar-refractivity contribution is 0.238. The van der Waals surface area contributed by atoms with E-state index >= 15 is 0 Å². The van der Waals surface area contributed by atoms with E-state index in [1.54, 1.807) is 11.3 Å². The summed E-state index contributed by atoms with van der Waals surface area (Å²) in [5.74, 6) is 0.627. The van der Waals surface area contributed by atoms with Gasteiger partial charge < -0.3 is 10.5 Å². The summed E-state index contributed by atoms with van der Waals surface area (Å²) in [5, 5.41) is 2.06. The molecule has 0 aromatic carbocycles. The Morgan fingerprint density at radius 2 is 2.19 bits per heavy atom. The maximum absolute atomic E-state index is 5.87. The summed E-state index contributed by atoms with van der Waals surface area (Å²) >= 11 is 1.60. The van der Waals surface area contributed by atoms with Gasteiger partial charge in [-0.15, -0.1) is 11.3 Å². The second-order valence-corrected chi connectivity index (χ2v) is 5.43. The Morgan fingerprint density at radius 1 is 1.44 bits per heavy atom. The quantitative estimate of drug-likeness (QED) is 0.888. The van der Waals surface area contributed by atoms with Crippen LogP contribution in [0, 0.1) is 6.92 Å². The zero-order valence-corrected chi connectivity index (χ0v) is 10.5. The summed E-state index contributed by atoms with van der Waals surface area (Å²) in [6, 6.07) is 0. The number of thiophene rings is 1. The molecular formula is C11H15N3OS. The highest BCUT2D eigenvalue weighted by Crippen LogP contribution is 2.30. The molecule has 0 bridgehead atoms.